The van der Waals surface area contributed by atoms with Crippen LogP contribution in [0.5, 0.6) is 0 Å². The molecule has 0 bridgehead atoms. The molecule has 2 rings (SSSR count). The first-order valence-electron chi connectivity index (χ1n) is 7.14. The van der Waals surface area contributed by atoms with Crippen molar-refractivity contribution in [2.24, 2.45) is 0 Å². The van der Waals surface area contributed by atoms with Gasteiger partial charge in [0.05, 0.1) is 5.56 Å². The van der Waals surface area contributed by atoms with E-state index in [1.165, 1.54) is 6.07 Å². The van der Waals surface area contributed by atoms with E-state index in [4.69, 9.17) is 0 Å². The average Bonchev–Trinajstić information content (AvgIpc) is 2.37. The molecule has 0 unspecified atom stereocenters. The van der Waals surface area contributed by atoms with Crippen LogP contribution < -0.4 is 0 Å². The Morgan fingerprint density at radius 1 is 1.15 bits per heavy atom. The summed E-state index contributed by atoms with van der Waals surface area (Å²) in [7, 11) is 4.10. The van der Waals surface area contributed by atoms with Gasteiger partial charge in [0.15, 0.2) is 0 Å². The molecule has 1 aliphatic carbocycles. The Bertz CT molecular complexity index is 465. The zero-order valence-electron chi connectivity index (χ0n) is 12.3. The minimum atomic E-state index is -4.25. The maximum absolute atomic E-state index is 13.0. The Morgan fingerprint density at radius 3 is 2.45 bits per heavy atom. The number of rotatable bonds is 2. The van der Waals surface area contributed by atoms with Gasteiger partial charge in [0.1, 0.15) is 0 Å². The van der Waals surface area contributed by atoms with Crippen LogP contribution in [0.25, 0.3) is 0 Å². The lowest BCUT2D eigenvalue weighted by Gasteiger charge is -2.34. The third-order valence-electron chi connectivity index (χ3n) is 4.50. The first-order valence-corrected chi connectivity index (χ1v) is 7.14. The van der Waals surface area contributed by atoms with Crippen molar-refractivity contribution in [3.8, 4) is 0 Å². The fourth-order valence-corrected chi connectivity index (χ4v) is 3.32. The van der Waals surface area contributed by atoms with E-state index in [1.807, 2.05) is 20.2 Å². The molecular formula is C16H22F3N. The summed E-state index contributed by atoms with van der Waals surface area (Å²) in [6.07, 6.45) is -0.0813. The molecule has 0 aromatic heterocycles. The monoisotopic (exact) mass is 285 g/mol. The van der Waals surface area contributed by atoms with Crippen LogP contribution in [-0.2, 0) is 6.18 Å². The van der Waals surface area contributed by atoms with E-state index < -0.39 is 11.7 Å². The number of benzene rings is 1. The summed E-state index contributed by atoms with van der Waals surface area (Å²) >= 11 is 0. The smallest absolute Gasteiger partial charge is 0.306 e. The van der Waals surface area contributed by atoms with Crippen LogP contribution in [-0.4, -0.2) is 25.0 Å². The topological polar surface area (TPSA) is 3.24 Å². The number of alkyl halides is 3. The van der Waals surface area contributed by atoms with Gasteiger partial charge in [-0.1, -0.05) is 18.6 Å². The number of hydrogen-bond acceptors (Lipinski definition) is 1. The molecular weight excluding hydrogens is 263 g/mol. The number of hydrogen-bond donors (Lipinski definition) is 0. The summed E-state index contributed by atoms with van der Waals surface area (Å²) in [4.78, 5) is 2.19. The van der Waals surface area contributed by atoms with Crippen LogP contribution in [0, 0.1) is 6.92 Å². The Labute approximate surface area is 118 Å². The van der Waals surface area contributed by atoms with Crippen molar-refractivity contribution in [3.05, 3.63) is 34.9 Å². The summed E-state index contributed by atoms with van der Waals surface area (Å²) in [5, 5.41) is 0. The molecule has 1 aromatic carbocycles. The van der Waals surface area contributed by atoms with E-state index in [0.717, 1.165) is 31.2 Å². The van der Waals surface area contributed by atoms with Crippen molar-refractivity contribution in [3.63, 3.8) is 0 Å². The van der Waals surface area contributed by atoms with Crippen molar-refractivity contribution in [2.75, 3.05) is 14.1 Å². The van der Waals surface area contributed by atoms with Gasteiger partial charge in [0.2, 0.25) is 0 Å². The molecule has 4 heteroatoms. The molecule has 0 radical (unpaired) electrons. The van der Waals surface area contributed by atoms with Crippen molar-refractivity contribution in [2.45, 2.75) is 50.7 Å². The molecule has 1 aromatic rings. The van der Waals surface area contributed by atoms with E-state index in [1.54, 1.807) is 13.0 Å². The first-order chi connectivity index (χ1) is 9.30. The van der Waals surface area contributed by atoms with Crippen LogP contribution in [0.3, 0.4) is 0 Å². The summed E-state index contributed by atoms with van der Waals surface area (Å²) < 4.78 is 39.0. The van der Waals surface area contributed by atoms with Crippen LogP contribution in [0.1, 0.15) is 48.3 Å². The molecule has 0 amide bonds. The highest BCUT2D eigenvalue weighted by Gasteiger charge is 2.34. The van der Waals surface area contributed by atoms with Crippen molar-refractivity contribution < 1.29 is 13.2 Å². The molecule has 112 valence electrons. The average molecular weight is 285 g/mol. The number of halogens is 3. The fourth-order valence-electron chi connectivity index (χ4n) is 3.32. The highest BCUT2D eigenvalue weighted by Crippen LogP contribution is 2.40. The Morgan fingerprint density at radius 2 is 1.85 bits per heavy atom. The van der Waals surface area contributed by atoms with Gasteiger partial charge < -0.3 is 4.90 Å². The predicted octanol–water partition coefficient (Wildman–Crippen LogP) is 4.60. The van der Waals surface area contributed by atoms with Gasteiger partial charge in [0.25, 0.3) is 0 Å². The van der Waals surface area contributed by atoms with Crippen LogP contribution in [0.15, 0.2) is 18.2 Å². The van der Waals surface area contributed by atoms with Gasteiger partial charge in [0, 0.05) is 6.04 Å². The van der Waals surface area contributed by atoms with E-state index in [-0.39, 0.29) is 5.92 Å². The predicted molar refractivity (Wildman–Crippen MR) is 74.9 cm³/mol. The second-order valence-electron chi connectivity index (χ2n) is 6.00. The van der Waals surface area contributed by atoms with Gasteiger partial charge in [-0.3, -0.25) is 0 Å². The van der Waals surface area contributed by atoms with Gasteiger partial charge in [-0.05, 0) is 63.4 Å². The minimum absolute atomic E-state index is 0.249. The van der Waals surface area contributed by atoms with Crippen molar-refractivity contribution in [1.82, 2.24) is 4.90 Å². The van der Waals surface area contributed by atoms with Gasteiger partial charge in [-0.25, -0.2) is 0 Å². The van der Waals surface area contributed by atoms with Crippen LogP contribution in [0.4, 0.5) is 13.2 Å². The zero-order chi connectivity index (χ0) is 14.9. The highest BCUT2D eigenvalue weighted by atomic mass is 19.4. The maximum atomic E-state index is 13.0. The summed E-state index contributed by atoms with van der Waals surface area (Å²) in [5.74, 6) is 0.249. The van der Waals surface area contributed by atoms with Gasteiger partial charge in [-0.2, -0.15) is 13.2 Å². The molecule has 1 fully saturated rings. The Kier molecular flexibility index (Phi) is 4.43. The summed E-state index contributed by atoms with van der Waals surface area (Å²) in [6.45, 7) is 1.61. The third kappa shape index (κ3) is 3.17. The van der Waals surface area contributed by atoms with Crippen LogP contribution in [0.2, 0.25) is 0 Å². The van der Waals surface area contributed by atoms with E-state index >= 15 is 0 Å². The first kappa shape index (κ1) is 15.4. The SMILES string of the molecule is Cc1c([C@H]2CCC[C@@H](N(C)C)C2)cccc1C(F)(F)F. The minimum Gasteiger partial charge on any atom is -0.306 e. The van der Waals surface area contributed by atoms with E-state index in [9.17, 15) is 13.2 Å². The zero-order valence-corrected chi connectivity index (χ0v) is 12.3. The molecule has 0 heterocycles. The normalized spacial score (nSPS) is 24.1. The fraction of sp³-hybridized carbons (Fsp3) is 0.625. The summed E-state index contributed by atoms with van der Waals surface area (Å²) in [6, 6.07) is 5.07. The highest BCUT2D eigenvalue weighted by molar-refractivity contribution is 5.38. The second kappa shape index (κ2) is 5.76. The lowest BCUT2D eigenvalue weighted by molar-refractivity contribution is -0.138. The van der Waals surface area contributed by atoms with E-state index in [0.29, 0.717) is 11.6 Å². The van der Waals surface area contributed by atoms with Gasteiger partial charge >= 0.3 is 6.18 Å². The molecule has 0 spiro atoms. The molecule has 1 saturated carbocycles. The lowest BCUT2D eigenvalue weighted by atomic mass is 9.79. The largest absolute Gasteiger partial charge is 0.416 e. The third-order valence-corrected chi connectivity index (χ3v) is 4.50. The maximum Gasteiger partial charge on any atom is 0.416 e. The Hall–Kier alpha value is -1.03. The standard InChI is InChI=1S/C16H22F3N/c1-11-14(8-5-9-15(11)16(17,18)19)12-6-4-7-13(10-12)20(2)3/h5,8-9,12-13H,4,6-7,10H2,1-3H3/t12-,13+/m0/s1. The van der Waals surface area contributed by atoms with Gasteiger partial charge in [-0.15, -0.1) is 0 Å². The quantitative estimate of drug-likeness (QED) is 0.767. The molecule has 1 aliphatic rings. The van der Waals surface area contributed by atoms with Crippen LogP contribution >= 0.6 is 0 Å². The number of nitrogens with zero attached hydrogens (tertiary/aromatic N) is 1. The molecule has 0 aliphatic heterocycles. The molecule has 2 atom stereocenters. The van der Waals surface area contributed by atoms with E-state index in [2.05, 4.69) is 4.90 Å². The summed E-state index contributed by atoms with van der Waals surface area (Å²) in [5.41, 5.74) is 0.803. The van der Waals surface area contributed by atoms with Crippen molar-refractivity contribution >= 4 is 0 Å². The molecule has 0 saturated heterocycles. The molecule has 1 nitrogen and oxygen atoms in total. The molecule has 0 N–H and O–H groups in total. The molecule has 20 heavy (non-hydrogen) atoms. The van der Waals surface area contributed by atoms with Crippen molar-refractivity contribution in [1.29, 1.82) is 0 Å². The lowest BCUT2D eigenvalue weighted by Crippen LogP contribution is -2.32. The second-order valence-corrected chi connectivity index (χ2v) is 6.00. The Balaban J connectivity index is 2.29.